The Morgan fingerprint density at radius 3 is 2.72 bits per heavy atom. The van der Waals surface area contributed by atoms with E-state index in [1.807, 2.05) is 11.9 Å². The van der Waals surface area contributed by atoms with E-state index in [9.17, 15) is 9.18 Å². The molecule has 1 fully saturated rings. The molecule has 8 heteroatoms. The molecule has 3 heterocycles. The molecule has 25 heavy (non-hydrogen) atoms. The molecular formula is C17H21BrFN5O. The molecule has 0 saturated carbocycles. The second kappa shape index (κ2) is 7.51. The van der Waals surface area contributed by atoms with E-state index in [-0.39, 0.29) is 11.7 Å². The van der Waals surface area contributed by atoms with Crippen molar-refractivity contribution >= 4 is 27.7 Å². The SMILES string of the molecule is CN(CC1CCN(c2ncc(Br)cc2F)CC1)C(=O)c1cnn(C)c1. The fourth-order valence-electron chi connectivity index (χ4n) is 3.19. The van der Waals surface area contributed by atoms with Gasteiger partial charge in [-0.2, -0.15) is 5.10 Å². The summed E-state index contributed by atoms with van der Waals surface area (Å²) in [6.45, 7) is 2.17. The van der Waals surface area contributed by atoms with Crippen molar-refractivity contribution in [1.82, 2.24) is 19.7 Å². The molecule has 6 nitrogen and oxygen atoms in total. The number of aryl methyl sites for hydroxylation is 1. The maximum atomic E-state index is 14.0. The van der Waals surface area contributed by atoms with E-state index >= 15 is 0 Å². The van der Waals surface area contributed by atoms with E-state index in [1.54, 1.807) is 35.2 Å². The van der Waals surface area contributed by atoms with Crippen molar-refractivity contribution in [2.75, 3.05) is 31.6 Å². The zero-order chi connectivity index (χ0) is 18.0. The molecular weight excluding hydrogens is 389 g/mol. The predicted molar refractivity (Wildman–Crippen MR) is 97.0 cm³/mol. The lowest BCUT2D eigenvalue weighted by Gasteiger charge is -2.34. The summed E-state index contributed by atoms with van der Waals surface area (Å²) in [4.78, 5) is 20.3. The van der Waals surface area contributed by atoms with Crippen molar-refractivity contribution in [3.8, 4) is 0 Å². The first-order chi connectivity index (χ1) is 11.9. The first-order valence-corrected chi connectivity index (χ1v) is 9.03. The summed E-state index contributed by atoms with van der Waals surface area (Å²) in [6.07, 6.45) is 6.74. The number of carbonyl (C=O) groups excluding carboxylic acids is 1. The number of pyridine rings is 1. The van der Waals surface area contributed by atoms with Crippen LogP contribution < -0.4 is 4.90 Å². The van der Waals surface area contributed by atoms with E-state index in [0.29, 0.717) is 28.3 Å². The maximum Gasteiger partial charge on any atom is 0.256 e. The Morgan fingerprint density at radius 1 is 1.40 bits per heavy atom. The number of nitrogens with zero attached hydrogens (tertiary/aromatic N) is 5. The maximum absolute atomic E-state index is 14.0. The number of halogens is 2. The second-order valence-electron chi connectivity index (χ2n) is 6.48. The predicted octanol–water partition coefficient (Wildman–Crippen LogP) is 2.71. The lowest BCUT2D eigenvalue weighted by atomic mass is 9.96. The normalized spacial score (nSPS) is 15.4. The Bertz CT molecular complexity index is 757. The monoisotopic (exact) mass is 409 g/mol. The molecule has 0 spiro atoms. The van der Waals surface area contributed by atoms with Crippen LogP contribution in [-0.2, 0) is 7.05 Å². The molecule has 0 radical (unpaired) electrons. The van der Waals surface area contributed by atoms with E-state index in [1.165, 1.54) is 6.07 Å². The highest BCUT2D eigenvalue weighted by molar-refractivity contribution is 9.10. The fraction of sp³-hybridized carbons (Fsp3) is 0.471. The third kappa shape index (κ3) is 4.18. The van der Waals surface area contributed by atoms with Crippen LogP contribution in [0.2, 0.25) is 0 Å². The molecule has 2 aromatic rings. The van der Waals surface area contributed by atoms with E-state index < -0.39 is 0 Å². The Kier molecular flexibility index (Phi) is 5.36. The number of aromatic nitrogens is 3. The summed E-state index contributed by atoms with van der Waals surface area (Å²) in [7, 11) is 3.61. The quantitative estimate of drug-likeness (QED) is 0.778. The number of hydrogen-bond donors (Lipinski definition) is 0. The van der Waals surface area contributed by atoms with Gasteiger partial charge in [0.05, 0.1) is 11.8 Å². The topological polar surface area (TPSA) is 54.3 Å². The van der Waals surface area contributed by atoms with Crippen molar-refractivity contribution in [3.05, 3.63) is 40.5 Å². The number of rotatable bonds is 4. The van der Waals surface area contributed by atoms with Crippen molar-refractivity contribution in [3.63, 3.8) is 0 Å². The molecule has 3 rings (SSSR count). The van der Waals surface area contributed by atoms with Crippen LogP contribution in [0.15, 0.2) is 29.1 Å². The highest BCUT2D eigenvalue weighted by atomic mass is 79.9. The van der Waals surface area contributed by atoms with Gasteiger partial charge in [-0.1, -0.05) is 0 Å². The van der Waals surface area contributed by atoms with Crippen molar-refractivity contribution in [2.24, 2.45) is 13.0 Å². The van der Waals surface area contributed by atoms with Crippen LogP contribution >= 0.6 is 15.9 Å². The molecule has 0 aromatic carbocycles. The van der Waals surface area contributed by atoms with Gasteiger partial charge in [0.25, 0.3) is 5.91 Å². The standard InChI is InChI=1S/C17H21BrFN5O/c1-22(17(25)13-8-21-23(2)11-13)10-12-3-5-24(6-4-12)16-15(19)7-14(18)9-20-16/h7-9,11-12H,3-6,10H2,1-2H3. The van der Waals surface area contributed by atoms with Gasteiger partial charge in [-0.3, -0.25) is 9.48 Å². The number of hydrogen-bond acceptors (Lipinski definition) is 4. The second-order valence-corrected chi connectivity index (χ2v) is 7.39. The molecule has 0 aliphatic carbocycles. The number of carbonyl (C=O) groups is 1. The van der Waals surface area contributed by atoms with Crippen molar-refractivity contribution < 1.29 is 9.18 Å². The molecule has 1 saturated heterocycles. The van der Waals surface area contributed by atoms with Gasteiger partial charge in [0.2, 0.25) is 0 Å². The number of piperidine rings is 1. The van der Waals surface area contributed by atoms with Crippen LogP contribution in [0.3, 0.4) is 0 Å². The summed E-state index contributed by atoms with van der Waals surface area (Å²) in [5, 5.41) is 4.04. The van der Waals surface area contributed by atoms with Gasteiger partial charge in [0.15, 0.2) is 11.6 Å². The minimum atomic E-state index is -0.309. The van der Waals surface area contributed by atoms with Crippen molar-refractivity contribution in [2.45, 2.75) is 12.8 Å². The molecule has 0 bridgehead atoms. The molecule has 0 unspecified atom stereocenters. The third-order valence-electron chi connectivity index (χ3n) is 4.53. The zero-order valence-corrected chi connectivity index (χ0v) is 15.9. The van der Waals surface area contributed by atoms with Gasteiger partial charge in [0.1, 0.15) is 0 Å². The van der Waals surface area contributed by atoms with E-state index in [4.69, 9.17) is 0 Å². The van der Waals surface area contributed by atoms with Gasteiger partial charge < -0.3 is 9.80 Å². The van der Waals surface area contributed by atoms with Crippen LogP contribution in [0.25, 0.3) is 0 Å². The van der Waals surface area contributed by atoms with Gasteiger partial charge >= 0.3 is 0 Å². The Hall–Kier alpha value is -1.96. The summed E-state index contributed by atoms with van der Waals surface area (Å²) in [5.74, 6) is 0.481. The summed E-state index contributed by atoms with van der Waals surface area (Å²) in [6, 6.07) is 1.44. The lowest BCUT2D eigenvalue weighted by Crippen LogP contribution is -2.40. The smallest absolute Gasteiger partial charge is 0.256 e. The average molecular weight is 410 g/mol. The van der Waals surface area contributed by atoms with Crippen LogP contribution in [-0.4, -0.2) is 52.3 Å². The fourth-order valence-corrected chi connectivity index (χ4v) is 3.49. The largest absolute Gasteiger partial charge is 0.354 e. The van der Waals surface area contributed by atoms with Crippen molar-refractivity contribution in [1.29, 1.82) is 0 Å². The molecule has 1 aliphatic rings. The molecule has 134 valence electrons. The summed E-state index contributed by atoms with van der Waals surface area (Å²) in [5.41, 5.74) is 0.601. The van der Waals surface area contributed by atoms with Gasteiger partial charge in [0, 0.05) is 50.6 Å². The zero-order valence-electron chi connectivity index (χ0n) is 14.3. The van der Waals surface area contributed by atoms with Gasteiger partial charge in [-0.05, 0) is 40.8 Å². The lowest BCUT2D eigenvalue weighted by molar-refractivity contribution is 0.0765. The minimum absolute atomic E-state index is 0.0175. The molecule has 0 atom stereocenters. The van der Waals surface area contributed by atoms with Crippen LogP contribution in [0, 0.1) is 11.7 Å². The molecule has 0 N–H and O–H groups in total. The van der Waals surface area contributed by atoms with Crippen LogP contribution in [0.1, 0.15) is 23.2 Å². The Morgan fingerprint density at radius 2 is 2.12 bits per heavy atom. The molecule has 2 aromatic heterocycles. The van der Waals surface area contributed by atoms with Gasteiger partial charge in [-0.15, -0.1) is 0 Å². The van der Waals surface area contributed by atoms with Gasteiger partial charge in [-0.25, -0.2) is 9.37 Å². The van der Waals surface area contributed by atoms with E-state index in [2.05, 4.69) is 26.0 Å². The highest BCUT2D eigenvalue weighted by Gasteiger charge is 2.25. The highest BCUT2D eigenvalue weighted by Crippen LogP contribution is 2.26. The summed E-state index contributed by atoms with van der Waals surface area (Å²) < 4.78 is 16.3. The third-order valence-corrected chi connectivity index (χ3v) is 4.97. The summed E-state index contributed by atoms with van der Waals surface area (Å²) >= 11 is 3.23. The minimum Gasteiger partial charge on any atom is -0.354 e. The number of amides is 1. The van der Waals surface area contributed by atoms with Crippen LogP contribution in [0.4, 0.5) is 10.2 Å². The number of anilines is 1. The molecule has 1 aliphatic heterocycles. The first kappa shape index (κ1) is 17.8. The van der Waals surface area contributed by atoms with E-state index in [0.717, 1.165) is 25.9 Å². The Labute approximate surface area is 154 Å². The first-order valence-electron chi connectivity index (χ1n) is 8.24. The average Bonchev–Trinajstić information content (AvgIpc) is 3.01. The Balaban J connectivity index is 1.54. The van der Waals surface area contributed by atoms with Crippen LogP contribution in [0.5, 0.6) is 0 Å². The molecule has 1 amide bonds.